The fraction of sp³-hybridized carbons (Fsp3) is 0.400. The SMILES string of the molecule is Cc1cccc(SC2CCN(C(=O)Cc3ncccc3C)CC2)c1. The molecule has 1 aliphatic heterocycles. The number of aryl methyl sites for hydroxylation is 2. The lowest BCUT2D eigenvalue weighted by molar-refractivity contribution is -0.131. The summed E-state index contributed by atoms with van der Waals surface area (Å²) >= 11 is 1.95. The highest BCUT2D eigenvalue weighted by atomic mass is 32.2. The molecule has 0 saturated carbocycles. The number of pyridine rings is 1. The van der Waals surface area contributed by atoms with Crippen molar-refractivity contribution in [2.24, 2.45) is 0 Å². The van der Waals surface area contributed by atoms with Crippen LogP contribution >= 0.6 is 11.8 Å². The number of thioether (sulfide) groups is 1. The van der Waals surface area contributed by atoms with Gasteiger partial charge in [0.2, 0.25) is 5.91 Å². The average Bonchev–Trinajstić information content (AvgIpc) is 2.57. The fourth-order valence-electron chi connectivity index (χ4n) is 3.06. The second-order valence-corrected chi connectivity index (χ2v) is 7.83. The number of benzene rings is 1. The molecule has 3 rings (SSSR count). The summed E-state index contributed by atoms with van der Waals surface area (Å²) in [6.45, 7) is 5.85. The molecule has 0 radical (unpaired) electrons. The van der Waals surface area contributed by atoms with Gasteiger partial charge in [0.1, 0.15) is 0 Å². The Morgan fingerprint density at radius 2 is 2.00 bits per heavy atom. The molecule has 0 aliphatic carbocycles. The van der Waals surface area contributed by atoms with E-state index in [0.29, 0.717) is 11.7 Å². The Labute approximate surface area is 148 Å². The highest BCUT2D eigenvalue weighted by molar-refractivity contribution is 8.00. The van der Waals surface area contributed by atoms with E-state index >= 15 is 0 Å². The Hall–Kier alpha value is -1.81. The van der Waals surface area contributed by atoms with Gasteiger partial charge in [0, 0.05) is 29.4 Å². The molecule has 0 N–H and O–H groups in total. The number of hydrogen-bond acceptors (Lipinski definition) is 3. The van der Waals surface area contributed by atoms with Gasteiger partial charge in [-0.05, 0) is 50.5 Å². The maximum absolute atomic E-state index is 12.5. The Bertz CT molecular complexity index is 708. The van der Waals surface area contributed by atoms with Crippen LogP contribution in [0.5, 0.6) is 0 Å². The van der Waals surface area contributed by atoms with E-state index in [2.05, 4.69) is 36.2 Å². The Morgan fingerprint density at radius 1 is 1.21 bits per heavy atom. The van der Waals surface area contributed by atoms with Crippen molar-refractivity contribution in [2.45, 2.75) is 43.3 Å². The van der Waals surface area contributed by atoms with Crippen LogP contribution < -0.4 is 0 Å². The third-order valence-corrected chi connectivity index (χ3v) is 5.85. The molecule has 0 unspecified atom stereocenters. The molecule has 126 valence electrons. The molecule has 2 aromatic rings. The van der Waals surface area contributed by atoms with Gasteiger partial charge in [-0.3, -0.25) is 9.78 Å². The first kappa shape index (κ1) is 17.0. The summed E-state index contributed by atoms with van der Waals surface area (Å²) in [6.07, 6.45) is 4.31. The predicted molar refractivity (Wildman–Crippen MR) is 99.3 cm³/mol. The molecule has 4 heteroatoms. The minimum absolute atomic E-state index is 0.204. The predicted octanol–water partition coefficient (Wildman–Crippen LogP) is 4.02. The lowest BCUT2D eigenvalue weighted by Gasteiger charge is -2.32. The molecule has 0 atom stereocenters. The lowest BCUT2D eigenvalue weighted by Crippen LogP contribution is -2.40. The summed E-state index contributed by atoms with van der Waals surface area (Å²) in [5.41, 5.74) is 3.30. The number of likely N-dealkylation sites (tertiary alicyclic amines) is 1. The van der Waals surface area contributed by atoms with Crippen LogP contribution in [-0.2, 0) is 11.2 Å². The number of hydrogen-bond donors (Lipinski definition) is 0. The molecule has 24 heavy (non-hydrogen) atoms. The number of carbonyl (C=O) groups is 1. The minimum atomic E-state index is 0.204. The molecule has 1 amide bonds. The number of carbonyl (C=O) groups excluding carboxylic acids is 1. The van der Waals surface area contributed by atoms with Crippen molar-refractivity contribution in [1.82, 2.24) is 9.88 Å². The van der Waals surface area contributed by atoms with Gasteiger partial charge in [0.25, 0.3) is 0 Å². The van der Waals surface area contributed by atoms with E-state index in [1.54, 1.807) is 6.20 Å². The zero-order valence-electron chi connectivity index (χ0n) is 14.4. The smallest absolute Gasteiger partial charge is 0.228 e. The summed E-state index contributed by atoms with van der Waals surface area (Å²) in [5.74, 6) is 0.204. The van der Waals surface area contributed by atoms with E-state index in [1.165, 1.54) is 10.5 Å². The largest absolute Gasteiger partial charge is 0.342 e. The lowest BCUT2D eigenvalue weighted by atomic mass is 10.1. The fourth-order valence-corrected chi connectivity index (χ4v) is 4.31. The van der Waals surface area contributed by atoms with Gasteiger partial charge in [-0.25, -0.2) is 0 Å². The van der Waals surface area contributed by atoms with Gasteiger partial charge >= 0.3 is 0 Å². The van der Waals surface area contributed by atoms with Crippen molar-refractivity contribution in [3.05, 3.63) is 59.4 Å². The van der Waals surface area contributed by atoms with E-state index in [1.807, 2.05) is 35.7 Å². The molecule has 1 aromatic heterocycles. The standard InChI is InChI=1S/C20H24N2OS/c1-15-5-3-7-18(13-15)24-17-8-11-22(12-9-17)20(23)14-19-16(2)6-4-10-21-19/h3-7,10,13,17H,8-9,11-12,14H2,1-2H3. The maximum Gasteiger partial charge on any atom is 0.228 e. The van der Waals surface area contributed by atoms with Crippen molar-refractivity contribution in [1.29, 1.82) is 0 Å². The van der Waals surface area contributed by atoms with Crippen LogP contribution in [0.25, 0.3) is 0 Å². The number of amides is 1. The Balaban J connectivity index is 1.51. The molecular weight excluding hydrogens is 316 g/mol. The second-order valence-electron chi connectivity index (χ2n) is 6.46. The van der Waals surface area contributed by atoms with Crippen LogP contribution in [0.15, 0.2) is 47.5 Å². The molecule has 1 aliphatic rings. The zero-order chi connectivity index (χ0) is 16.9. The summed E-state index contributed by atoms with van der Waals surface area (Å²) in [6, 6.07) is 12.6. The summed E-state index contributed by atoms with van der Waals surface area (Å²) in [5, 5.41) is 0.604. The van der Waals surface area contributed by atoms with E-state index in [9.17, 15) is 4.79 Å². The van der Waals surface area contributed by atoms with E-state index < -0.39 is 0 Å². The van der Waals surface area contributed by atoms with Crippen LogP contribution in [0.2, 0.25) is 0 Å². The Morgan fingerprint density at radius 3 is 2.71 bits per heavy atom. The van der Waals surface area contributed by atoms with Gasteiger partial charge in [-0.2, -0.15) is 0 Å². The molecule has 1 saturated heterocycles. The van der Waals surface area contributed by atoms with Crippen LogP contribution in [0.1, 0.15) is 29.7 Å². The van der Waals surface area contributed by atoms with Crippen LogP contribution in [0.3, 0.4) is 0 Å². The van der Waals surface area contributed by atoms with Gasteiger partial charge in [-0.15, -0.1) is 11.8 Å². The highest BCUT2D eigenvalue weighted by Crippen LogP contribution is 2.30. The third kappa shape index (κ3) is 4.38. The number of piperidine rings is 1. The van der Waals surface area contributed by atoms with Crippen molar-refractivity contribution < 1.29 is 4.79 Å². The summed E-state index contributed by atoms with van der Waals surface area (Å²) in [4.78, 5) is 20.2. The Kier molecular flexibility index (Phi) is 5.56. The monoisotopic (exact) mass is 340 g/mol. The summed E-state index contributed by atoms with van der Waals surface area (Å²) < 4.78 is 0. The van der Waals surface area contributed by atoms with Crippen LogP contribution in [0.4, 0.5) is 0 Å². The third-order valence-electron chi connectivity index (χ3n) is 4.52. The summed E-state index contributed by atoms with van der Waals surface area (Å²) in [7, 11) is 0. The van der Waals surface area contributed by atoms with Gasteiger partial charge in [-0.1, -0.05) is 23.8 Å². The molecule has 2 heterocycles. The van der Waals surface area contributed by atoms with Crippen molar-refractivity contribution >= 4 is 17.7 Å². The molecule has 1 aromatic carbocycles. The molecule has 1 fully saturated rings. The highest BCUT2D eigenvalue weighted by Gasteiger charge is 2.24. The van der Waals surface area contributed by atoms with Gasteiger partial charge < -0.3 is 4.90 Å². The first-order chi connectivity index (χ1) is 11.6. The quantitative estimate of drug-likeness (QED) is 0.843. The zero-order valence-corrected chi connectivity index (χ0v) is 15.2. The normalized spacial score (nSPS) is 15.5. The maximum atomic E-state index is 12.5. The van der Waals surface area contributed by atoms with Crippen molar-refractivity contribution in [3.8, 4) is 0 Å². The van der Waals surface area contributed by atoms with Crippen molar-refractivity contribution in [2.75, 3.05) is 13.1 Å². The van der Waals surface area contributed by atoms with E-state index in [4.69, 9.17) is 0 Å². The van der Waals surface area contributed by atoms with Gasteiger partial charge in [0.05, 0.1) is 12.1 Å². The molecular formula is C20H24N2OS. The average molecular weight is 340 g/mol. The number of aromatic nitrogens is 1. The molecule has 0 bridgehead atoms. The first-order valence-electron chi connectivity index (χ1n) is 8.53. The van der Waals surface area contributed by atoms with E-state index in [0.717, 1.165) is 37.2 Å². The number of rotatable bonds is 4. The van der Waals surface area contributed by atoms with Crippen LogP contribution in [-0.4, -0.2) is 34.1 Å². The molecule has 0 spiro atoms. The first-order valence-corrected chi connectivity index (χ1v) is 9.41. The minimum Gasteiger partial charge on any atom is -0.342 e. The van der Waals surface area contributed by atoms with Crippen molar-refractivity contribution in [3.63, 3.8) is 0 Å². The topological polar surface area (TPSA) is 33.2 Å². The van der Waals surface area contributed by atoms with Crippen LogP contribution in [0, 0.1) is 13.8 Å². The van der Waals surface area contributed by atoms with E-state index in [-0.39, 0.29) is 5.91 Å². The molecule has 3 nitrogen and oxygen atoms in total. The number of nitrogens with zero attached hydrogens (tertiary/aromatic N) is 2. The van der Waals surface area contributed by atoms with Gasteiger partial charge in [0.15, 0.2) is 0 Å². The second kappa shape index (κ2) is 7.84.